The number of aryl methyl sites for hydroxylation is 2. The Kier molecular flexibility index (Phi) is 3.87. The topological polar surface area (TPSA) is 36.3 Å². The van der Waals surface area contributed by atoms with Gasteiger partial charge in [-0.1, -0.05) is 0 Å². The molecule has 2 aliphatic rings. The minimum absolute atomic E-state index is 0.243. The van der Waals surface area contributed by atoms with Crippen LogP contribution in [0.1, 0.15) is 57.7 Å². The third-order valence-electron chi connectivity index (χ3n) is 6.24. The van der Waals surface area contributed by atoms with Gasteiger partial charge in [-0.3, -0.25) is 0 Å². The molecule has 1 aliphatic carbocycles. The molecular formula is C20H26BFN2O2. The van der Waals surface area contributed by atoms with Crippen LogP contribution in [0, 0.1) is 6.92 Å². The number of nitrogens with zero attached hydrogens (tertiary/aromatic N) is 2. The smallest absolute Gasteiger partial charge is 0.398 e. The molecule has 1 saturated heterocycles. The van der Waals surface area contributed by atoms with Crippen molar-refractivity contribution in [2.45, 2.75) is 64.6 Å². The van der Waals surface area contributed by atoms with Gasteiger partial charge in [0.15, 0.2) is 0 Å². The average molecular weight is 356 g/mol. The summed E-state index contributed by atoms with van der Waals surface area (Å²) in [5.74, 6) is 0.317. The van der Waals surface area contributed by atoms with Crippen molar-refractivity contribution in [3.63, 3.8) is 0 Å². The molecule has 0 N–H and O–H groups in total. The van der Waals surface area contributed by atoms with Crippen molar-refractivity contribution < 1.29 is 13.7 Å². The summed E-state index contributed by atoms with van der Waals surface area (Å²) in [5.41, 5.74) is 2.88. The zero-order chi connectivity index (χ0) is 18.9. The quantitative estimate of drug-likeness (QED) is 0.737. The number of hydrogen-bond acceptors (Lipinski definition) is 3. The number of fused-ring (bicyclic) bond motifs is 1. The van der Waals surface area contributed by atoms with E-state index in [-0.39, 0.29) is 5.73 Å². The van der Waals surface area contributed by atoms with Gasteiger partial charge in [-0.15, -0.1) is 0 Å². The summed E-state index contributed by atoms with van der Waals surface area (Å²) in [5, 5.41) is 1.14. The van der Waals surface area contributed by atoms with E-state index >= 15 is 0 Å². The summed E-state index contributed by atoms with van der Waals surface area (Å²) in [4.78, 5) is 4.53. The van der Waals surface area contributed by atoms with Crippen LogP contribution in [-0.4, -0.2) is 27.9 Å². The Labute approximate surface area is 154 Å². The van der Waals surface area contributed by atoms with Crippen molar-refractivity contribution in [3.05, 3.63) is 40.9 Å². The fourth-order valence-electron chi connectivity index (χ4n) is 3.79. The van der Waals surface area contributed by atoms with E-state index in [0.717, 1.165) is 22.2 Å². The highest BCUT2D eigenvalue weighted by molar-refractivity contribution is 6.53. The van der Waals surface area contributed by atoms with Crippen LogP contribution in [0.2, 0.25) is 0 Å². The zero-order valence-electron chi connectivity index (χ0n) is 16.4. The Balaban J connectivity index is 1.54. The summed E-state index contributed by atoms with van der Waals surface area (Å²) in [6, 6.07) is 4.33. The zero-order valence-corrected chi connectivity index (χ0v) is 16.4. The van der Waals surface area contributed by atoms with Gasteiger partial charge in [0.2, 0.25) is 0 Å². The second-order valence-electron chi connectivity index (χ2n) is 8.70. The van der Waals surface area contributed by atoms with Crippen LogP contribution in [0.4, 0.5) is 4.39 Å². The molecule has 4 nitrogen and oxygen atoms in total. The number of aromatic nitrogens is 2. The van der Waals surface area contributed by atoms with Crippen LogP contribution in [0.5, 0.6) is 0 Å². The number of allylic oxidation sites excluding steroid dienone is 1. The number of halogens is 1. The van der Waals surface area contributed by atoms with Crippen LogP contribution in [-0.2, 0) is 16.4 Å². The molecular weight excluding hydrogens is 330 g/mol. The van der Waals surface area contributed by atoms with Gasteiger partial charge in [0.1, 0.15) is 11.4 Å². The highest BCUT2D eigenvalue weighted by Crippen LogP contribution is 2.47. The summed E-state index contributed by atoms with van der Waals surface area (Å²) < 4.78 is 28.7. The molecule has 2 aromatic heterocycles. The van der Waals surface area contributed by atoms with Crippen molar-refractivity contribution in [2.24, 2.45) is 7.05 Å². The molecule has 0 radical (unpaired) electrons. The maximum atomic E-state index is 14.9. The molecule has 2 aromatic rings. The third kappa shape index (κ3) is 2.62. The van der Waals surface area contributed by atoms with Gasteiger partial charge >= 0.3 is 7.12 Å². The molecule has 1 aliphatic heterocycles. The van der Waals surface area contributed by atoms with Gasteiger partial charge in [-0.25, -0.2) is 9.37 Å². The van der Waals surface area contributed by atoms with Gasteiger partial charge in [-0.05, 0) is 70.7 Å². The predicted molar refractivity (Wildman–Crippen MR) is 102 cm³/mol. The van der Waals surface area contributed by atoms with Crippen molar-refractivity contribution in [1.29, 1.82) is 0 Å². The molecule has 138 valence electrons. The fraction of sp³-hybridized carbons (Fsp3) is 0.550. The van der Waals surface area contributed by atoms with E-state index in [1.54, 1.807) is 0 Å². The van der Waals surface area contributed by atoms with E-state index in [2.05, 4.69) is 21.7 Å². The van der Waals surface area contributed by atoms with Crippen LogP contribution >= 0.6 is 0 Å². The first kappa shape index (κ1) is 17.7. The molecule has 3 heterocycles. The van der Waals surface area contributed by atoms with E-state index in [0.29, 0.717) is 18.8 Å². The maximum absolute atomic E-state index is 14.9. The Morgan fingerprint density at radius 3 is 2.42 bits per heavy atom. The summed E-state index contributed by atoms with van der Waals surface area (Å²) in [6.07, 6.45) is 3.30. The van der Waals surface area contributed by atoms with Crippen LogP contribution < -0.4 is 0 Å². The van der Waals surface area contributed by atoms with Crippen molar-refractivity contribution in [3.8, 4) is 0 Å². The molecule has 0 unspecified atom stereocenters. The van der Waals surface area contributed by atoms with Crippen LogP contribution in [0.25, 0.3) is 11.0 Å². The van der Waals surface area contributed by atoms with Gasteiger partial charge in [-0.2, -0.15) is 0 Å². The first-order chi connectivity index (χ1) is 12.1. The predicted octanol–water partition coefficient (Wildman–Crippen LogP) is 4.61. The minimum Gasteiger partial charge on any atom is -0.398 e. The minimum atomic E-state index is -0.882. The molecule has 0 aromatic carbocycles. The SMILES string of the molecule is Cc1cnc2c(c1)cc(C1CC(=C(F)B3OC(C)(C)C(C)(C)O3)C1)n2C. The number of hydrogen-bond donors (Lipinski definition) is 0. The van der Waals surface area contributed by atoms with Crippen LogP contribution in [0.3, 0.4) is 0 Å². The van der Waals surface area contributed by atoms with Gasteiger partial charge < -0.3 is 13.9 Å². The molecule has 0 bridgehead atoms. The summed E-state index contributed by atoms with van der Waals surface area (Å²) >= 11 is 0. The fourth-order valence-corrected chi connectivity index (χ4v) is 3.79. The standard InChI is InChI=1S/C20H26BFN2O2/c1-12-7-15-10-16(24(6)18(15)23-11-12)13-8-14(9-13)17(22)21-25-19(2,3)20(4,5)26-21/h7,10-11,13H,8-9H2,1-6H3. The second-order valence-corrected chi connectivity index (χ2v) is 8.70. The van der Waals surface area contributed by atoms with Crippen molar-refractivity contribution in [2.75, 3.05) is 0 Å². The first-order valence-corrected chi connectivity index (χ1v) is 9.24. The van der Waals surface area contributed by atoms with E-state index in [1.807, 2.05) is 47.9 Å². The van der Waals surface area contributed by atoms with Crippen molar-refractivity contribution >= 4 is 18.2 Å². The summed E-state index contributed by atoms with van der Waals surface area (Å²) in [6.45, 7) is 9.82. The average Bonchev–Trinajstić information content (AvgIpc) is 2.91. The molecule has 2 fully saturated rings. The monoisotopic (exact) mass is 356 g/mol. The van der Waals surface area contributed by atoms with Crippen LogP contribution in [0.15, 0.2) is 29.6 Å². The second kappa shape index (κ2) is 5.67. The van der Waals surface area contributed by atoms with Crippen molar-refractivity contribution in [1.82, 2.24) is 9.55 Å². The molecule has 1 saturated carbocycles. The maximum Gasteiger partial charge on any atom is 0.525 e. The molecule has 26 heavy (non-hydrogen) atoms. The molecule has 6 heteroatoms. The van der Waals surface area contributed by atoms with E-state index in [4.69, 9.17) is 9.31 Å². The van der Waals surface area contributed by atoms with E-state index < -0.39 is 18.3 Å². The first-order valence-electron chi connectivity index (χ1n) is 9.24. The lowest BCUT2D eigenvalue weighted by Gasteiger charge is -2.32. The lowest BCUT2D eigenvalue weighted by atomic mass is 9.71. The third-order valence-corrected chi connectivity index (χ3v) is 6.24. The van der Waals surface area contributed by atoms with Gasteiger partial charge in [0.25, 0.3) is 0 Å². The molecule has 4 rings (SSSR count). The lowest BCUT2D eigenvalue weighted by molar-refractivity contribution is 0.00578. The largest absolute Gasteiger partial charge is 0.525 e. The molecule has 0 atom stereocenters. The highest BCUT2D eigenvalue weighted by Gasteiger charge is 2.54. The Bertz CT molecular complexity index is 892. The Morgan fingerprint density at radius 2 is 1.81 bits per heavy atom. The normalized spacial score (nSPS) is 24.2. The highest BCUT2D eigenvalue weighted by atomic mass is 19.1. The number of rotatable bonds is 2. The number of pyridine rings is 1. The lowest BCUT2D eigenvalue weighted by Crippen LogP contribution is -2.41. The molecule has 0 amide bonds. The van der Waals surface area contributed by atoms with Gasteiger partial charge in [0.05, 0.1) is 11.2 Å². The summed E-state index contributed by atoms with van der Waals surface area (Å²) in [7, 11) is 1.15. The van der Waals surface area contributed by atoms with E-state index in [1.165, 1.54) is 5.69 Å². The van der Waals surface area contributed by atoms with Gasteiger partial charge in [0, 0.05) is 30.2 Å². The van der Waals surface area contributed by atoms with E-state index in [9.17, 15) is 4.39 Å². The Hall–Kier alpha value is -1.66. The molecule has 0 spiro atoms. The Morgan fingerprint density at radius 1 is 1.19 bits per heavy atom.